The van der Waals surface area contributed by atoms with Crippen LogP contribution in [-0.4, -0.2) is 29.8 Å². The third kappa shape index (κ3) is 4.64. The largest absolute Gasteiger partial charge is 0.342 e. The van der Waals surface area contributed by atoms with Gasteiger partial charge in [-0.25, -0.2) is 0 Å². The van der Waals surface area contributed by atoms with E-state index in [0.29, 0.717) is 17.1 Å². The number of nitrogens with zero attached hydrogens (tertiary/aromatic N) is 1. The molecule has 0 saturated carbocycles. The van der Waals surface area contributed by atoms with E-state index in [-0.39, 0.29) is 11.3 Å². The molecule has 1 atom stereocenters. The third-order valence-corrected chi connectivity index (χ3v) is 4.17. The fourth-order valence-electron chi connectivity index (χ4n) is 1.32. The highest BCUT2D eigenvalue weighted by Gasteiger charge is 2.13. The first-order chi connectivity index (χ1) is 7.91. The molecule has 0 aliphatic carbocycles. The van der Waals surface area contributed by atoms with E-state index >= 15 is 0 Å². The van der Waals surface area contributed by atoms with Crippen molar-refractivity contribution < 1.29 is 4.79 Å². The lowest BCUT2D eigenvalue weighted by atomic mass is 10.2. The second-order valence-corrected chi connectivity index (χ2v) is 6.24. The van der Waals surface area contributed by atoms with Crippen LogP contribution in [0.15, 0.2) is 18.2 Å². The Hall–Kier alpha value is -0.0000000000000000555. The van der Waals surface area contributed by atoms with Gasteiger partial charge in [0.25, 0.3) is 5.91 Å². The summed E-state index contributed by atoms with van der Waals surface area (Å²) in [6.07, 6.45) is 0.780. The maximum Gasteiger partial charge on any atom is 0.253 e. The zero-order valence-electron chi connectivity index (χ0n) is 9.71. The van der Waals surface area contributed by atoms with E-state index in [9.17, 15) is 4.79 Å². The number of benzene rings is 1. The summed E-state index contributed by atoms with van der Waals surface area (Å²) in [5.41, 5.74) is 0.611. The second kappa shape index (κ2) is 6.81. The summed E-state index contributed by atoms with van der Waals surface area (Å²) in [7, 11) is 1.77. The fourth-order valence-corrected chi connectivity index (χ4v) is 1.94. The number of hydrogen-bond acceptors (Lipinski definition) is 1. The van der Waals surface area contributed by atoms with Crippen molar-refractivity contribution >= 4 is 51.7 Å². The SMILES string of the molecule is CC(Cl)CCN(C)C(=O)c1ccc(I)c(Cl)c1. The summed E-state index contributed by atoms with van der Waals surface area (Å²) in [5, 5.41) is 0.682. The Bertz CT molecular complexity index is 409. The van der Waals surface area contributed by atoms with E-state index in [1.165, 1.54) is 0 Å². The van der Waals surface area contributed by atoms with Crippen molar-refractivity contribution in [2.24, 2.45) is 0 Å². The Morgan fingerprint density at radius 2 is 2.18 bits per heavy atom. The van der Waals surface area contributed by atoms with E-state index in [1.54, 1.807) is 24.1 Å². The molecule has 0 spiro atoms. The zero-order chi connectivity index (χ0) is 13.0. The summed E-state index contributed by atoms with van der Waals surface area (Å²) < 4.78 is 0.942. The van der Waals surface area contributed by atoms with Gasteiger partial charge in [0.15, 0.2) is 0 Å². The van der Waals surface area contributed by atoms with Crippen molar-refractivity contribution in [2.75, 3.05) is 13.6 Å². The first-order valence-electron chi connectivity index (χ1n) is 5.26. The number of hydrogen-bond donors (Lipinski definition) is 0. The van der Waals surface area contributed by atoms with E-state index in [4.69, 9.17) is 23.2 Å². The van der Waals surface area contributed by atoms with Crippen molar-refractivity contribution in [1.29, 1.82) is 0 Å². The maximum absolute atomic E-state index is 12.0. The molecule has 0 aliphatic heterocycles. The molecule has 1 amide bonds. The van der Waals surface area contributed by atoms with Gasteiger partial charge in [0.2, 0.25) is 0 Å². The predicted octanol–water partition coefficient (Wildman–Crippen LogP) is 4.03. The van der Waals surface area contributed by atoms with Gasteiger partial charge in [-0.15, -0.1) is 11.6 Å². The summed E-state index contributed by atoms with van der Waals surface area (Å²) in [5.74, 6) is -0.0272. The quantitative estimate of drug-likeness (QED) is 0.565. The number of rotatable bonds is 4. The van der Waals surface area contributed by atoms with Gasteiger partial charge < -0.3 is 4.90 Å². The van der Waals surface area contributed by atoms with Crippen LogP contribution >= 0.6 is 45.8 Å². The molecular weight excluding hydrogens is 372 g/mol. The van der Waals surface area contributed by atoms with E-state index < -0.39 is 0 Å². The average molecular weight is 386 g/mol. The van der Waals surface area contributed by atoms with Gasteiger partial charge in [-0.05, 0) is 54.1 Å². The number of alkyl halides is 1. The molecule has 2 nitrogen and oxygen atoms in total. The van der Waals surface area contributed by atoms with Crippen LogP contribution in [0.25, 0.3) is 0 Å². The number of carbonyl (C=O) groups excluding carboxylic acids is 1. The molecule has 0 aliphatic rings. The van der Waals surface area contributed by atoms with Gasteiger partial charge in [0, 0.05) is 28.1 Å². The highest BCUT2D eigenvalue weighted by molar-refractivity contribution is 14.1. The smallest absolute Gasteiger partial charge is 0.253 e. The summed E-state index contributed by atoms with van der Waals surface area (Å²) in [6.45, 7) is 2.56. The van der Waals surface area contributed by atoms with Gasteiger partial charge in [0.1, 0.15) is 0 Å². The fraction of sp³-hybridized carbons (Fsp3) is 0.417. The number of halogens is 3. The Kier molecular flexibility index (Phi) is 6.03. The van der Waals surface area contributed by atoms with Gasteiger partial charge in [0.05, 0.1) is 5.02 Å². The first kappa shape index (κ1) is 15.1. The topological polar surface area (TPSA) is 20.3 Å². The van der Waals surface area contributed by atoms with Crippen molar-refractivity contribution in [3.8, 4) is 0 Å². The minimum Gasteiger partial charge on any atom is -0.342 e. The molecule has 0 aromatic heterocycles. The molecule has 0 saturated heterocycles. The first-order valence-corrected chi connectivity index (χ1v) is 7.15. The molecule has 1 rings (SSSR count). The molecule has 94 valence electrons. The van der Waals surface area contributed by atoms with Gasteiger partial charge in [-0.1, -0.05) is 11.6 Å². The Morgan fingerprint density at radius 1 is 1.53 bits per heavy atom. The lowest BCUT2D eigenvalue weighted by Crippen LogP contribution is -2.28. The van der Waals surface area contributed by atoms with Crippen LogP contribution in [0.3, 0.4) is 0 Å². The van der Waals surface area contributed by atoms with Crippen molar-refractivity contribution in [3.05, 3.63) is 32.4 Å². The Labute approximate surface area is 125 Å². The minimum atomic E-state index is -0.0272. The standard InChI is InChI=1S/C12H14Cl2INO/c1-8(13)5-6-16(2)12(17)9-3-4-11(15)10(14)7-9/h3-4,7-8H,5-6H2,1-2H3. The minimum absolute atomic E-state index is 0.0272. The highest BCUT2D eigenvalue weighted by Crippen LogP contribution is 2.20. The van der Waals surface area contributed by atoms with Crippen molar-refractivity contribution in [3.63, 3.8) is 0 Å². The maximum atomic E-state index is 12.0. The zero-order valence-corrected chi connectivity index (χ0v) is 13.4. The lowest BCUT2D eigenvalue weighted by molar-refractivity contribution is 0.0793. The predicted molar refractivity (Wildman–Crippen MR) is 81.1 cm³/mol. The summed E-state index contributed by atoms with van der Waals surface area (Å²) in [6, 6.07) is 5.33. The number of carbonyl (C=O) groups is 1. The summed E-state index contributed by atoms with van der Waals surface area (Å²) >= 11 is 14.0. The molecule has 17 heavy (non-hydrogen) atoms. The van der Waals surface area contributed by atoms with Crippen molar-refractivity contribution in [1.82, 2.24) is 4.90 Å². The molecular formula is C12H14Cl2INO. The van der Waals surface area contributed by atoms with Crippen LogP contribution in [0.5, 0.6) is 0 Å². The molecule has 0 fully saturated rings. The average Bonchev–Trinajstić information content (AvgIpc) is 2.28. The normalized spacial score (nSPS) is 12.3. The Morgan fingerprint density at radius 3 is 2.71 bits per heavy atom. The van der Waals surface area contributed by atoms with E-state index in [1.807, 2.05) is 13.0 Å². The van der Waals surface area contributed by atoms with E-state index in [2.05, 4.69) is 22.6 Å². The molecule has 0 heterocycles. The highest BCUT2D eigenvalue weighted by atomic mass is 127. The van der Waals surface area contributed by atoms with Crippen molar-refractivity contribution in [2.45, 2.75) is 18.7 Å². The molecule has 0 radical (unpaired) electrons. The van der Waals surface area contributed by atoms with Crippen LogP contribution < -0.4 is 0 Å². The molecule has 0 N–H and O–H groups in total. The van der Waals surface area contributed by atoms with Crippen LogP contribution in [0.4, 0.5) is 0 Å². The molecule has 1 aromatic carbocycles. The molecule has 1 unspecified atom stereocenters. The monoisotopic (exact) mass is 385 g/mol. The molecule has 1 aromatic rings. The molecule has 0 bridgehead atoms. The second-order valence-electron chi connectivity index (χ2n) is 3.93. The Balaban J connectivity index is 2.71. The van der Waals surface area contributed by atoms with Crippen LogP contribution in [0.1, 0.15) is 23.7 Å². The summed E-state index contributed by atoms with van der Waals surface area (Å²) in [4.78, 5) is 13.7. The lowest BCUT2D eigenvalue weighted by Gasteiger charge is -2.18. The van der Waals surface area contributed by atoms with E-state index in [0.717, 1.165) is 9.99 Å². The number of amides is 1. The van der Waals surface area contributed by atoms with Crippen LogP contribution in [0, 0.1) is 3.57 Å². The van der Waals surface area contributed by atoms with Crippen LogP contribution in [0.2, 0.25) is 5.02 Å². The van der Waals surface area contributed by atoms with Gasteiger partial charge >= 0.3 is 0 Å². The molecule has 5 heteroatoms. The third-order valence-electron chi connectivity index (χ3n) is 2.38. The van der Waals surface area contributed by atoms with Gasteiger partial charge in [-0.2, -0.15) is 0 Å². The van der Waals surface area contributed by atoms with Crippen LogP contribution in [-0.2, 0) is 0 Å². The van der Waals surface area contributed by atoms with Gasteiger partial charge in [-0.3, -0.25) is 4.79 Å².